The van der Waals surface area contributed by atoms with Gasteiger partial charge in [0.05, 0.1) is 0 Å². The number of phenolic OH excluding ortho intramolecular Hbond substituents is 1. The number of nitrogens with one attached hydrogen (secondary N) is 1. The van der Waals surface area contributed by atoms with Crippen LogP contribution in [0.4, 0.5) is 5.69 Å². The van der Waals surface area contributed by atoms with Crippen LogP contribution in [0.2, 0.25) is 0 Å². The Morgan fingerprint density at radius 1 is 1.04 bits per heavy atom. The van der Waals surface area contributed by atoms with Crippen LogP contribution >= 0.6 is 15.9 Å². The van der Waals surface area contributed by atoms with Gasteiger partial charge in [-0.2, -0.15) is 0 Å². The molecule has 1 saturated carbocycles. The van der Waals surface area contributed by atoms with Crippen LogP contribution in [0.25, 0.3) is 0 Å². The normalized spacial score (nSPS) is 27.3. The highest BCUT2D eigenvalue weighted by Crippen LogP contribution is 2.52. The van der Waals surface area contributed by atoms with Crippen molar-refractivity contribution >= 4 is 27.6 Å². The molecular weight excluding hydrogens is 394 g/mol. The molecule has 0 amide bonds. The van der Waals surface area contributed by atoms with Crippen molar-refractivity contribution < 1.29 is 15.0 Å². The molecule has 0 bridgehead atoms. The summed E-state index contributed by atoms with van der Waals surface area (Å²) in [5.74, 6) is -0.492. The van der Waals surface area contributed by atoms with Crippen LogP contribution in [0.5, 0.6) is 5.75 Å². The van der Waals surface area contributed by atoms with E-state index < -0.39 is 11.5 Å². The van der Waals surface area contributed by atoms with E-state index in [4.69, 9.17) is 0 Å². The SMILES string of the molecule is O=C(O)C1(Nc2cccc(Br)c2)CCC2(CCc3ccc(O)cc32)CC1. The number of halogens is 1. The van der Waals surface area contributed by atoms with E-state index in [-0.39, 0.29) is 5.41 Å². The van der Waals surface area contributed by atoms with Crippen LogP contribution in [0.1, 0.15) is 43.2 Å². The molecule has 26 heavy (non-hydrogen) atoms. The van der Waals surface area contributed by atoms with Gasteiger partial charge in [-0.25, -0.2) is 4.79 Å². The maximum absolute atomic E-state index is 12.2. The zero-order valence-corrected chi connectivity index (χ0v) is 16.1. The van der Waals surface area contributed by atoms with Crippen molar-refractivity contribution in [3.8, 4) is 5.75 Å². The number of rotatable bonds is 3. The smallest absolute Gasteiger partial charge is 0.329 e. The lowest BCUT2D eigenvalue weighted by molar-refractivity contribution is -0.144. The minimum atomic E-state index is -0.939. The molecule has 2 aromatic rings. The van der Waals surface area contributed by atoms with E-state index in [0.29, 0.717) is 18.6 Å². The van der Waals surface area contributed by atoms with Crippen molar-refractivity contribution in [1.29, 1.82) is 0 Å². The van der Waals surface area contributed by atoms with Gasteiger partial charge in [-0.05, 0) is 85.4 Å². The van der Waals surface area contributed by atoms with Crippen LogP contribution < -0.4 is 5.32 Å². The molecule has 0 saturated heterocycles. The summed E-state index contributed by atoms with van der Waals surface area (Å²) in [6.07, 6.45) is 4.83. The Balaban J connectivity index is 1.60. The number of aryl methyl sites for hydroxylation is 1. The topological polar surface area (TPSA) is 69.6 Å². The summed E-state index contributed by atoms with van der Waals surface area (Å²) < 4.78 is 0.926. The first-order valence-electron chi connectivity index (χ1n) is 9.02. The van der Waals surface area contributed by atoms with Crippen molar-refractivity contribution in [2.75, 3.05) is 5.32 Å². The first-order chi connectivity index (χ1) is 12.4. The lowest BCUT2D eigenvalue weighted by Gasteiger charge is -2.44. The Morgan fingerprint density at radius 2 is 1.81 bits per heavy atom. The van der Waals surface area contributed by atoms with Crippen LogP contribution in [0.15, 0.2) is 46.9 Å². The fraction of sp³-hybridized carbons (Fsp3) is 0.381. The molecule has 0 heterocycles. The molecule has 4 rings (SSSR count). The van der Waals surface area contributed by atoms with Crippen molar-refractivity contribution in [3.05, 3.63) is 58.1 Å². The van der Waals surface area contributed by atoms with Crippen molar-refractivity contribution in [2.45, 2.75) is 49.5 Å². The number of carboxylic acid groups (broad SMARTS) is 1. The Morgan fingerprint density at radius 3 is 2.50 bits per heavy atom. The van der Waals surface area contributed by atoms with Crippen LogP contribution in [0.3, 0.4) is 0 Å². The lowest BCUT2D eigenvalue weighted by Crippen LogP contribution is -2.51. The maximum Gasteiger partial charge on any atom is 0.329 e. The Labute approximate surface area is 161 Å². The van der Waals surface area contributed by atoms with Crippen LogP contribution in [-0.4, -0.2) is 21.7 Å². The average molecular weight is 416 g/mol. The zero-order valence-electron chi connectivity index (χ0n) is 14.5. The number of phenols is 1. The van der Waals surface area contributed by atoms with Crippen LogP contribution in [0, 0.1) is 0 Å². The van der Waals surface area contributed by atoms with Gasteiger partial charge in [0, 0.05) is 10.2 Å². The number of aromatic hydroxyl groups is 1. The quantitative estimate of drug-likeness (QED) is 0.669. The molecule has 3 N–H and O–H groups in total. The molecule has 0 unspecified atom stereocenters. The largest absolute Gasteiger partial charge is 0.508 e. The highest BCUT2D eigenvalue weighted by Gasteiger charge is 2.50. The van der Waals surface area contributed by atoms with Gasteiger partial charge < -0.3 is 15.5 Å². The van der Waals surface area contributed by atoms with E-state index in [1.807, 2.05) is 36.4 Å². The van der Waals surface area contributed by atoms with E-state index in [9.17, 15) is 15.0 Å². The van der Waals surface area contributed by atoms with E-state index >= 15 is 0 Å². The molecule has 5 heteroatoms. The van der Waals surface area contributed by atoms with E-state index in [1.165, 1.54) is 11.1 Å². The third-order valence-electron chi connectivity index (χ3n) is 6.22. The highest BCUT2D eigenvalue weighted by atomic mass is 79.9. The lowest BCUT2D eigenvalue weighted by atomic mass is 9.64. The summed E-state index contributed by atoms with van der Waals surface area (Å²) in [5, 5.41) is 23.2. The number of anilines is 1. The van der Waals surface area contributed by atoms with Gasteiger partial charge in [-0.1, -0.05) is 28.1 Å². The number of carboxylic acids is 1. The van der Waals surface area contributed by atoms with Crippen molar-refractivity contribution in [3.63, 3.8) is 0 Å². The molecule has 2 aromatic carbocycles. The zero-order chi connectivity index (χ0) is 18.4. The predicted octanol–water partition coefficient (Wildman–Crippen LogP) is 4.85. The second-order valence-electron chi connectivity index (χ2n) is 7.64. The number of benzene rings is 2. The number of aliphatic carboxylic acids is 1. The summed E-state index contributed by atoms with van der Waals surface area (Å²) in [7, 11) is 0. The molecule has 0 aromatic heterocycles. The number of fused-ring (bicyclic) bond motifs is 2. The van der Waals surface area contributed by atoms with Gasteiger partial charge in [0.2, 0.25) is 0 Å². The molecule has 2 aliphatic rings. The van der Waals surface area contributed by atoms with Crippen molar-refractivity contribution in [2.24, 2.45) is 0 Å². The summed E-state index contributed by atoms with van der Waals surface area (Å²) in [5.41, 5.74) is 2.41. The third-order valence-corrected chi connectivity index (χ3v) is 6.71. The van der Waals surface area contributed by atoms with Gasteiger partial charge in [-0.15, -0.1) is 0 Å². The van der Waals surface area contributed by atoms with Crippen molar-refractivity contribution in [1.82, 2.24) is 0 Å². The first kappa shape index (κ1) is 17.4. The molecule has 4 nitrogen and oxygen atoms in total. The molecule has 0 aliphatic heterocycles. The Bertz CT molecular complexity index is 856. The van der Waals surface area contributed by atoms with Gasteiger partial charge in [0.15, 0.2) is 0 Å². The maximum atomic E-state index is 12.2. The second kappa shape index (κ2) is 6.31. The standard InChI is InChI=1S/C21H22BrNO3/c22-15-2-1-3-16(12-15)23-21(19(25)26)10-8-20(9-11-21)7-6-14-4-5-17(24)13-18(14)20/h1-5,12-13,23-24H,6-11H2,(H,25,26). The molecule has 136 valence electrons. The number of carbonyl (C=O) groups is 1. The van der Waals surface area contributed by atoms with E-state index in [2.05, 4.69) is 21.2 Å². The molecule has 2 aliphatic carbocycles. The molecule has 1 spiro atoms. The molecule has 1 fully saturated rings. The van der Waals surface area contributed by atoms with Gasteiger partial charge >= 0.3 is 5.97 Å². The van der Waals surface area contributed by atoms with E-state index in [1.54, 1.807) is 6.07 Å². The first-order valence-corrected chi connectivity index (χ1v) is 9.81. The Hall–Kier alpha value is -2.01. The summed E-state index contributed by atoms with van der Waals surface area (Å²) in [6.45, 7) is 0. The van der Waals surface area contributed by atoms with Gasteiger partial charge in [0.25, 0.3) is 0 Å². The summed E-state index contributed by atoms with van der Waals surface area (Å²) >= 11 is 3.44. The minimum Gasteiger partial charge on any atom is -0.508 e. The summed E-state index contributed by atoms with van der Waals surface area (Å²) in [4.78, 5) is 12.2. The molecular formula is C21H22BrNO3. The minimum absolute atomic E-state index is 0.00593. The third kappa shape index (κ3) is 2.88. The van der Waals surface area contributed by atoms with Crippen LogP contribution in [-0.2, 0) is 16.6 Å². The predicted molar refractivity (Wildman–Crippen MR) is 105 cm³/mol. The summed E-state index contributed by atoms with van der Waals surface area (Å²) in [6, 6.07) is 13.3. The second-order valence-corrected chi connectivity index (χ2v) is 8.56. The Kier molecular flexibility index (Phi) is 4.22. The van der Waals surface area contributed by atoms with E-state index in [0.717, 1.165) is 35.8 Å². The number of hydrogen-bond donors (Lipinski definition) is 3. The molecule has 0 radical (unpaired) electrons. The highest BCUT2D eigenvalue weighted by molar-refractivity contribution is 9.10. The molecule has 0 atom stereocenters. The van der Waals surface area contributed by atoms with Gasteiger partial charge in [-0.3, -0.25) is 0 Å². The fourth-order valence-corrected chi connectivity index (χ4v) is 5.09. The monoisotopic (exact) mass is 415 g/mol. The average Bonchev–Trinajstić information content (AvgIpc) is 2.95. The number of hydrogen-bond acceptors (Lipinski definition) is 3. The van der Waals surface area contributed by atoms with Gasteiger partial charge in [0.1, 0.15) is 11.3 Å². The fourth-order valence-electron chi connectivity index (χ4n) is 4.69.